The van der Waals surface area contributed by atoms with Crippen LogP contribution in [-0.4, -0.2) is 11.0 Å². The van der Waals surface area contributed by atoms with Gasteiger partial charge in [-0.25, -0.2) is 4.98 Å². The Bertz CT molecular complexity index is 309. The van der Waals surface area contributed by atoms with E-state index in [2.05, 4.69) is 31.1 Å². The van der Waals surface area contributed by atoms with Crippen LogP contribution in [-0.2, 0) is 13.0 Å². The quantitative estimate of drug-likeness (QED) is 0.638. The fraction of sp³-hybridized carbons (Fsp3) is 0.800. The number of oxazole rings is 1. The monoisotopic (exact) mass is 252 g/mol. The van der Waals surface area contributed by atoms with Gasteiger partial charge in [-0.2, -0.15) is 0 Å². The molecule has 1 atom stereocenters. The average molecular weight is 252 g/mol. The second kappa shape index (κ2) is 9.15. The van der Waals surface area contributed by atoms with Crippen LogP contribution in [0, 0.1) is 0 Å². The highest BCUT2D eigenvalue weighted by molar-refractivity contribution is 4.93. The van der Waals surface area contributed by atoms with Crippen molar-refractivity contribution in [3.63, 3.8) is 0 Å². The molecule has 0 aliphatic carbocycles. The van der Waals surface area contributed by atoms with E-state index in [4.69, 9.17) is 4.42 Å². The Hall–Kier alpha value is -0.830. The smallest absolute Gasteiger partial charge is 0.208 e. The van der Waals surface area contributed by atoms with E-state index in [1.54, 1.807) is 0 Å². The third-order valence-electron chi connectivity index (χ3n) is 3.29. The van der Waals surface area contributed by atoms with Crippen molar-refractivity contribution in [2.45, 2.75) is 78.3 Å². The number of aryl methyl sites for hydroxylation is 1. The highest BCUT2D eigenvalue weighted by Crippen LogP contribution is 2.08. The largest absolute Gasteiger partial charge is 0.444 e. The topological polar surface area (TPSA) is 38.1 Å². The summed E-state index contributed by atoms with van der Waals surface area (Å²) in [6.07, 6.45) is 10.7. The number of unbranched alkanes of at least 4 members (excludes halogenated alkanes) is 4. The minimum absolute atomic E-state index is 0.545. The molecule has 1 aromatic heterocycles. The molecular formula is C15H28N2O. The third-order valence-corrected chi connectivity index (χ3v) is 3.29. The van der Waals surface area contributed by atoms with Gasteiger partial charge in [0.1, 0.15) is 5.76 Å². The molecule has 1 unspecified atom stereocenters. The molecule has 18 heavy (non-hydrogen) atoms. The molecule has 0 aliphatic rings. The molecule has 1 aromatic rings. The van der Waals surface area contributed by atoms with E-state index in [0.29, 0.717) is 6.04 Å². The molecule has 0 aromatic carbocycles. The Labute approximate surface area is 111 Å². The molecule has 0 saturated carbocycles. The number of aromatic nitrogens is 1. The van der Waals surface area contributed by atoms with Crippen molar-refractivity contribution in [3.05, 3.63) is 17.8 Å². The van der Waals surface area contributed by atoms with Crippen molar-refractivity contribution >= 4 is 0 Å². The van der Waals surface area contributed by atoms with Crippen molar-refractivity contribution in [1.29, 1.82) is 0 Å². The van der Waals surface area contributed by atoms with Gasteiger partial charge in [0.15, 0.2) is 0 Å². The zero-order valence-electron chi connectivity index (χ0n) is 12.2. The molecule has 0 radical (unpaired) electrons. The van der Waals surface area contributed by atoms with Crippen LogP contribution in [0.3, 0.4) is 0 Å². The van der Waals surface area contributed by atoms with Crippen LogP contribution in [0.25, 0.3) is 0 Å². The van der Waals surface area contributed by atoms with Crippen LogP contribution in [0.2, 0.25) is 0 Å². The van der Waals surface area contributed by atoms with Gasteiger partial charge < -0.3 is 9.73 Å². The first-order chi connectivity index (χ1) is 8.76. The number of rotatable bonds is 10. The Balaban J connectivity index is 2.07. The summed E-state index contributed by atoms with van der Waals surface area (Å²) >= 11 is 0. The van der Waals surface area contributed by atoms with E-state index in [9.17, 15) is 0 Å². The van der Waals surface area contributed by atoms with Crippen molar-refractivity contribution in [2.75, 3.05) is 0 Å². The maximum absolute atomic E-state index is 5.57. The molecule has 3 heteroatoms. The highest BCUT2D eigenvalue weighted by atomic mass is 16.4. The molecule has 104 valence electrons. The van der Waals surface area contributed by atoms with Gasteiger partial charge in [0.05, 0.1) is 12.7 Å². The van der Waals surface area contributed by atoms with Crippen molar-refractivity contribution in [1.82, 2.24) is 10.3 Å². The van der Waals surface area contributed by atoms with E-state index >= 15 is 0 Å². The Morgan fingerprint density at radius 3 is 2.67 bits per heavy atom. The number of nitrogens with one attached hydrogen (secondary N) is 1. The number of nitrogens with zero attached hydrogens (tertiary/aromatic N) is 1. The summed E-state index contributed by atoms with van der Waals surface area (Å²) in [5.41, 5.74) is 0. The standard InChI is InChI=1S/C15H28N2O/c1-4-6-7-8-9-10-13(3)16-12-15-17-11-14(5-2)18-15/h11,13,16H,4-10,12H2,1-3H3. The van der Waals surface area contributed by atoms with Gasteiger partial charge in [0.25, 0.3) is 0 Å². The summed E-state index contributed by atoms with van der Waals surface area (Å²) < 4.78 is 5.57. The van der Waals surface area contributed by atoms with Gasteiger partial charge in [-0.15, -0.1) is 0 Å². The molecule has 0 bridgehead atoms. The van der Waals surface area contributed by atoms with E-state index in [1.165, 1.54) is 38.5 Å². The van der Waals surface area contributed by atoms with Crippen LogP contribution in [0.4, 0.5) is 0 Å². The minimum atomic E-state index is 0.545. The first-order valence-electron chi connectivity index (χ1n) is 7.43. The molecule has 0 fully saturated rings. The third kappa shape index (κ3) is 6.20. The molecule has 1 heterocycles. The van der Waals surface area contributed by atoms with Crippen molar-refractivity contribution in [3.8, 4) is 0 Å². The van der Waals surface area contributed by atoms with Gasteiger partial charge in [-0.3, -0.25) is 0 Å². The van der Waals surface area contributed by atoms with Gasteiger partial charge in [-0.05, 0) is 13.3 Å². The molecule has 0 saturated heterocycles. The van der Waals surface area contributed by atoms with Crippen LogP contribution in [0.15, 0.2) is 10.6 Å². The lowest BCUT2D eigenvalue weighted by Gasteiger charge is -2.12. The molecule has 0 aliphatic heterocycles. The van der Waals surface area contributed by atoms with Crippen molar-refractivity contribution in [2.24, 2.45) is 0 Å². The first kappa shape index (κ1) is 15.2. The summed E-state index contributed by atoms with van der Waals surface area (Å²) in [4.78, 5) is 4.25. The zero-order valence-corrected chi connectivity index (χ0v) is 12.2. The molecule has 1 N–H and O–H groups in total. The average Bonchev–Trinajstić information content (AvgIpc) is 2.84. The van der Waals surface area contributed by atoms with Crippen LogP contribution in [0.5, 0.6) is 0 Å². The predicted octanol–water partition coefficient (Wildman–Crippen LogP) is 4.08. The Morgan fingerprint density at radius 1 is 1.22 bits per heavy atom. The van der Waals surface area contributed by atoms with E-state index < -0.39 is 0 Å². The molecule has 0 spiro atoms. The lowest BCUT2D eigenvalue weighted by Crippen LogP contribution is -2.25. The van der Waals surface area contributed by atoms with E-state index in [0.717, 1.165) is 24.6 Å². The minimum Gasteiger partial charge on any atom is -0.444 e. The van der Waals surface area contributed by atoms with Gasteiger partial charge in [-0.1, -0.05) is 46.0 Å². The second-order valence-electron chi connectivity index (χ2n) is 5.06. The van der Waals surface area contributed by atoms with Gasteiger partial charge >= 0.3 is 0 Å². The lowest BCUT2D eigenvalue weighted by molar-refractivity contribution is 0.407. The fourth-order valence-corrected chi connectivity index (χ4v) is 2.01. The zero-order chi connectivity index (χ0) is 13.2. The van der Waals surface area contributed by atoms with Crippen LogP contribution in [0.1, 0.15) is 70.9 Å². The fourth-order valence-electron chi connectivity index (χ4n) is 2.01. The Morgan fingerprint density at radius 2 is 2.00 bits per heavy atom. The van der Waals surface area contributed by atoms with Crippen LogP contribution < -0.4 is 5.32 Å². The highest BCUT2D eigenvalue weighted by Gasteiger charge is 2.05. The van der Waals surface area contributed by atoms with Crippen molar-refractivity contribution < 1.29 is 4.42 Å². The summed E-state index contributed by atoms with van der Waals surface area (Å²) in [7, 11) is 0. The SMILES string of the molecule is CCCCCCCC(C)NCc1ncc(CC)o1. The number of hydrogen-bond donors (Lipinski definition) is 1. The normalized spacial score (nSPS) is 12.8. The summed E-state index contributed by atoms with van der Waals surface area (Å²) in [6, 6.07) is 0.545. The maximum Gasteiger partial charge on any atom is 0.208 e. The van der Waals surface area contributed by atoms with Gasteiger partial charge in [0, 0.05) is 12.5 Å². The van der Waals surface area contributed by atoms with E-state index in [-0.39, 0.29) is 0 Å². The molecular weight excluding hydrogens is 224 g/mol. The molecule has 3 nitrogen and oxygen atoms in total. The first-order valence-corrected chi connectivity index (χ1v) is 7.43. The van der Waals surface area contributed by atoms with Crippen LogP contribution >= 0.6 is 0 Å². The predicted molar refractivity (Wildman–Crippen MR) is 75.6 cm³/mol. The lowest BCUT2D eigenvalue weighted by atomic mass is 10.1. The number of hydrogen-bond acceptors (Lipinski definition) is 3. The summed E-state index contributed by atoms with van der Waals surface area (Å²) in [5, 5.41) is 3.47. The Kier molecular flexibility index (Phi) is 7.74. The maximum atomic E-state index is 5.57. The molecule has 1 rings (SSSR count). The molecule has 0 amide bonds. The van der Waals surface area contributed by atoms with Gasteiger partial charge in [0.2, 0.25) is 5.89 Å². The van der Waals surface area contributed by atoms with E-state index in [1.807, 2.05) is 6.20 Å². The second-order valence-corrected chi connectivity index (χ2v) is 5.06. The summed E-state index contributed by atoms with van der Waals surface area (Å²) in [5.74, 6) is 1.78. The summed E-state index contributed by atoms with van der Waals surface area (Å²) in [6.45, 7) is 7.32.